The zero-order chi connectivity index (χ0) is 31.9. The van der Waals surface area contributed by atoms with E-state index in [4.69, 9.17) is 20.5 Å². The summed E-state index contributed by atoms with van der Waals surface area (Å²) in [7, 11) is -3.25. The molecule has 2 heterocycles. The molecule has 0 aliphatic heterocycles. The van der Waals surface area contributed by atoms with Crippen molar-refractivity contribution >= 4 is 18.8 Å². The Bertz CT molecular complexity index is 1620. The molecular formula is C31H40F3N4O5P. The van der Waals surface area contributed by atoms with Crippen LogP contribution in [0.3, 0.4) is 0 Å². The minimum Gasteiger partial charge on any atom is -0.322 e. The Hall–Kier alpha value is -3.13. The van der Waals surface area contributed by atoms with Gasteiger partial charge in [0, 0.05) is 19.5 Å². The van der Waals surface area contributed by atoms with Gasteiger partial charge in [0.15, 0.2) is 11.2 Å². The number of nitrogens with zero attached hydrogens (tertiary/aromatic N) is 4. The van der Waals surface area contributed by atoms with Crippen LogP contribution in [-0.2, 0) is 52.3 Å². The average molecular weight is 637 g/mol. The molecule has 4 rings (SSSR count). The second kappa shape index (κ2) is 14.8. The molecule has 0 spiro atoms. The summed E-state index contributed by atoms with van der Waals surface area (Å²) in [5, 5.41) is 0. The zero-order valence-corrected chi connectivity index (χ0v) is 26.2. The maximum Gasteiger partial charge on any atom is 0.416 e. The molecule has 0 atom stereocenters. The molecule has 240 valence electrons. The predicted molar refractivity (Wildman–Crippen MR) is 163 cm³/mol. The molecule has 0 saturated heterocycles. The van der Waals surface area contributed by atoms with Gasteiger partial charge in [0.1, 0.15) is 5.82 Å². The molecule has 0 unspecified atom stereocenters. The van der Waals surface area contributed by atoms with E-state index in [1.807, 2.05) is 4.57 Å². The highest BCUT2D eigenvalue weighted by Crippen LogP contribution is 2.48. The van der Waals surface area contributed by atoms with Crippen molar-refractivity contribution in [2.45, 2.75) is 91.0 Å². The molecule has 0 N–H and O–H groups in total. The van der Waals surface area contributed by atoms with Crippen LogP contribution in [0.1, 0.15) is 69.3 Å². The van der Waals surface area contributed by atoms with Crippen LogP contribution in [0.15, 0.2) is 33.9 Å². The molecule has 0 amide bonds. The van der Waals surface area contributed by atoms with Crippen LogP contribution in [0.5, 0.6) is 0 Å². The number of benzene rings is 1. The molecule has 1 aromatic carbocycles. The fourth-order valence-corrected chi connectivity index (χ4v) is 7.59. The van der Waals surface area contributed by atoms with E-state index in [1.54, 1.807) is 13.8 Å². The van der Waals surface area contributed by atoms with Crippen LogP contribution in [0.4, 0.5) is 13.2 Å². The Balaban J connectivity index is 1.70. The molecule has 9 nitrogen and oxygen atoms in total. The van der Waals surface area contributed by atoms with Crippen LogP contribution < -0.4 is 11.2 Å². The van der Waals surface area contributed by atoms with Gasteiger partial charge in [-0.1, -0.05) is 30.9 Å². The second-order valence-electron chi connectivity index (χ2n) is 11.1. The van der Waals surface area contributed by atoms with Crippen molar-refractivity contribution in [1.29, 1.82) is 0 Å². The number of terminal acetylenes is 1. The molecule has 1 saturated carbocycles. The quantitative estimate of drug-likeness (QED) is 0.115. The average Bonchev–Trinajstić information content (AvgIpc) is 3.62. The Morgan fingerprint density at radius 3 is 2.25 bits per heavy atom. The normalized spacial score (nSPS) is 14.5. The number of halogens is 3. The van der Waals surface area contributed by atoms with Crippen molar-refractivity contribution in [3.05, 3.63) is 62.1 Å². The second-order valence-corrected chi connectivity index (χ2v) is 13.2. The molecule has 0 bridgehead atoms. The molecule has 1 aliphatic carbocycles. The van der Waals surface area contributed by atoms with Crippen LogP contribution in [0.2, 0.25) is 0 Å². The van der Waals surface area contributed by atoms with Crippen molar-refractivity contribution in [2.75, 3.05) is 19.4 Å². The van der Waals surface area contributed by atoms with Gasteiger partial charge in [0.05, 0.1) is 31.5 Å². The van der Waals surface area contributed by atoms with Crippen LogP contribution in [0.25, 0.3) is 11.2 Å². The van der Waals surface area contributed by atoms with Crippen molar-refractivity contribution < 1.29 is 26.8 Å². The lowest BCUT2D eigenvalue weighted by Gasteiger charge is -2.17. The number of fused-ring (bicyclic) bond motifs is 1. The summed E-state index contributed by atoms with van der Waals surface area (Å²) in [5.74, 6) is 3.33. The van der Waals surface area contributed by atoms with Gasteiger partial charge >= 0.3 is 19.5 Å². The van der Waals surface area contributed by atoms with Crippen molar-refractivity contribution in [2.24, 2.45) is 5.92 Å². The summed E-state index contributed by atoms with van der Waals surface area (Å²) >= 11 is 0. The van der Waals surface area contributed by atoms with E-state index in [0.29, 0.717) is 55.1 Å². The lowest BCUT2D eigenvalue weighted by Crippen LogP contribution is -2.40. The van der Waals surface area contributed by atoms with Gasteiger partial charge in [-0.25, -0.2) is 14.3 Å². The zero-order valence-electron chi connectivity index (χ0n) is 25.3. The topological polar surface area (TPSA) is 97.3 Å². The smallest absolute Gasteiger partial charge is 0.322 e. The third-order valence-corrected chi connectivity index (χ3v) is 10.2. The van der Waals surface area contributed by atoms with Gasteiger partial charge in [-0.3, -0.25) is 13.9 Å². The maximum absolute atomic E-state index is 13.7. The fraction of sp³-hybridized carbons (Fsp3) is 0.581. The highest BCUT2D eigenvalue weighted by atomic mass is 31.2. The molecule has 2 aromatic heterocycles. The minimum atomic E-state index is -4.42. The third kappa shape index (κ3) is 7.92. The number of unbranched alkanes of at least 4 members (excludes halogenated alkanes) is 1. The number of imidazole rings is 1. The predicted octanol–water partition coefficient (Wildman–Crippen LogP) is 6.03. The molecule has 1 fully saturated rings. The van der Waals surface area contributed by atoms with Crippen molar-refractivity contribution in [3.63, 3.8) is 0 Å². The standard InChI is InChI=1S/C31H40F3N4O5P/c1-4-19-37-29(39)27-28(36(30(37)40)20-9-10-21-44(41,42-5-2)43-6-3)35-26(38(27)22-24-11-7-8-12-24)18-15-23-13-16-25(17-14-23)31(32,33)34/h1,13-14,16-17,24H,5-12,15,18-22H2,2-3H3. The molecule has 13 heteroatoms. The van der Waals surface area contributed by atoms with Crippen LogP contribution in [0, 0.1) is 18.3 Å². The van der Waals surface area contributed by atoms with Gasteiger partial charge < -0.3 is 13.6 Å². The largest absolute Gasteiger partial charge is 0.416 e. The molecule has 1 aliphatic rings. The van der Waals surface area contributed by atoms with Gasteiger partial charge in [-0.05, 0) is 69.6 Å². The van der Waals surface area contributed by atoms with Crippen LogP contribution >= 0.6 is 7.60 Å². The van der Waals surface area contributed by atoms with Crippen molar-refractivity contribution in [1.82, 2.24) is 18.7 Å². The first-order valence-corrected chi connectivity index (χ1v) is 16.9. The summed E-state index contributed by atoms with van der Waals surface area (Å²) in [6.07, 6.45) is 7.17. The number of aromatic nitrogens is 4. The Labute approximate surface area is 254 Å². The Morgan fingerprint density at radius 1 is 1.00 bits per heavy atom. The first-order chi connectivity index (χ1) is 21.0. The van der Waals surface area contributed by atoms with Gasteiger partial charge in [0.25, 0.3) is 5.56 Å². The lowest BCUT2D eigenvalue weighted by molar-refractivity contribution is -0.137. The van der Waals surface area contributed by atoms with E-state index in [2.05, 4.69) is 5.92 Å². The number of hydrogen-bond donors (Lipinski definition) is 0. The number of hydrogen-bond acceptors (Lipinski definition) is 6. The fourth-order valence-electron chi connectivity index (χ4n) is 5.86. The highest BCUT2D eigenvalue weighted by Gasteiger charge is 2.30. The molecule has 0 radical (unpaired) electrons. The monoisotopic (exact) mass is 636 g/mol. The first-order valence-electron chi connectivity index (χ1n) is 15.2. The van der Waals surface area contributed by atoms with Gasteiger partial charge in [-0.2, -0.15) is 13.2 Å². The third-order valence-electron chi connectivity index (χ3n) is 7.99. The van der Waals surface area contributed by atoms with Gasteiger partial charge in [-0.15, -0.1) is 6.42 Å². The summed E-state index contributed by atoms with van der Waals surface area (Å²) < 4.78 is 67.2. The lowest BCUT2D eigenvalue weighted by atomic mass is 10.1. The number of aryl methyl sites for hydroxylation is 3. The van der Waals surface area contributed by atoms with E-state index in [0.717, 1.165) is 42.4 Å². The SMILES string of the molecule is C#CCn1c(=O)c2c(nc(CCc3ccc(C(F)(F)F)cc3)n2CC2CCCC2)n(CCCCP(=O)(OCC)OCC)c1=O. The van der Waals surface area contributed by atoms with E-state index >= 15 is 0 Å². The van der Waals surface area contributed by atoms with E-state index in [9.17, 15) is 27.3 Å². The van der Waals surface area contributed by atoms with E-state index in [-0.39, 0.29) is 38.1 Å². The van der Waals surface area contributed by atoms with Crippen LogP contribution in [-0.4, -0.2) is 38.1 Å². The summed E-state index contributed by atoms with van der Waals surface area (Å²) in [6, 6.07) is 5.02. The molecule has 44 heavy (non-hydrogen) atoms. The number of rotatable bonds is 15. The van der Waals surface area contributed by atoms with Gasteiger partial charge in [0.2, 0.25) is 0 Å². The van der Waals surface area contributed by atoms with E-state index < -0.39 is 30.6 Å². The van der Waals surface area contributed by atoms with E-state index in [1.165, 1.54) is 16.7 Å². The Morgan fingerprint density at radius 2 is 1.66 bits per heavy atom. The molecule has 3 aromatic rings. The number of alkyl halides is 3. The minimum absolute atomic E-state index is 0.186. The highest BCUT2D eigenvalue weighted by molar-refractivity contribution is 7.53. The summed E-state index contributed by atoms with van der Waals surface area (Å²) in [4.78, 5) is 32.1. The summed E-state index contributed by atoms with van der Waals surface area (Å²) in [5.41, 5.74) is -0.546. The van der Waals surface area contributed by atoms with Crippen molar-refractivity contribution in [3.8, 4) is 12.3 Å². The summed E-state index contributed by atoms with van der Waals surface area (Å²) in [6.45, 7) is 4.55. The maximum atomic E-state index is 13.7. The molecular weight excluding hydrogens is 596 g/mol. The first kappa shape index (κ1) is 33.8. The Kier molecular flexibility index (Phi) is 11.3.